The predicted molar refractivity (Wildman–Crippen MR) is 133 cm³/mol. The Bertz CT molecular complexity index is 1310. The fourth-order valence-electron chi connectivity index (χ4n) is 4.04. The van der Waals surface area contributed by atoms with E-state index in [1.165, 1.54) is 6.07 Å². The molecule has 3 rings (SSSR count). The number of benzene rings is 3. The number of rotatable bonds is 10. The van der Waals surface area contributed by atoms with Crippen molar-refractivity contribution in [3.63, 3.8) is 0 Å². The highest BCUT2D eigenvalue weighted by atomic mass is 32.2. The van der Waals surface area contributed by atoms with E-state index in [9.17, 15) is 22.7 Å². The zero-order valence-electron chi connectivity index (χ0n) is 20.2. The van der Waals surface area contributed by atoms with E-state index in [0.717, 1.165) is 34.1 Å². The summed E-state index contributed by atoms with van der Waals surface area (Å²) in [5.41, 5.74) is 4.86. The lowest BCUT2D eigenvalue weighted by atomic mass is 9.94. The molecular weight excluding hydrogens is 471 g/mol. The number of aliphatic carboxylic acids is 1. The number of hydrogen-bond donors (Lipinski definition) is 1. The largest absolute Gasteiger partial charge is 0.489 e. The average molecular weight is 501 g/mol. The highest BCUT2D eigenvalue weighted by Gasteiger charge is 2.18. The topological polar surface area (TPSA) is 89.9 Å². The summed E-state index contributed by atoms with van der Waals surface area (Å²) in [6.07, 6.45) is 1.56. The van der Waals surface area contributed by atoms with Gasteiger partial charge in [-0.25, -0.2) is 4.39 Å². The molecule has 1 N–H and O–H groups in total. The van der Waals surface area contributed by atoms with Crippen LogP contribution in [0.15, 0.2) is 54.6 Å². The van der Waals surface area contributed by atoms with Crippen LogP contribution in [0.4, 0.5) is 4.39 Å². The van der Waals surface area contributed by atoms with Crippen LogP contribution < -0.4 is 8.92 Å². The summed E-state index contributed by atoms with van der Waals surface area (Å²) in [5.74, 6) is -1.42. The molecule has 0 aromatic heterocycles. The van der Waals surface area contributed by atoms with Crippen molar-refractivity contribution in [1.82, 2.24) is 0 Å². The van der Waals surface area contributed by atoms with E-state index in [-0.39, 0.29) is 18.8 Å². The summed E-state index contributed by atoms with van der Waals surface area (Å²) in [7, 11) is -3.62. The van der Waals surface area contributed by atoms with Crippen molar-refractivity contribution in [3.05, 3.63) is 82.7 Å². The van der Waals surface area contributed by atoms with Gasteiger partial charge in [-0.05, 0) is 84.3 Å². The van der Waals surface area contributed by atoms with Crippen LogP contribution in [0.3, 0.4) is 0 Å². The fraction of sp³-hybridized carbons (Fsp3) is 0.296. The SMILES string of the molecule is CCC(Cc1ccc(OCc2cccc(-c3c(C)cc(OS(C)(=O)=O)cc3C)c2)cc1F)C(=O)O. The molecule has 1 atom stereocenters. The van der Waals surface area contributed by atoms with Crippen molar-refractivity contribution in [2.45, 2.75) is 40.2 Å². The lowest BCUT2D eigenvalue weighted by Crippen LogP contribution is -2.16. The Kier molecular flexibility index (Phi) is 8.17. The summed E-state index contributed by atoms with van der Waals surface area (Å²) in [4.78, 5) is 11.2. The van der Waals surface area contributed by atoms with Crippen molar-refractivity contribution >= 4 is 16.1 Å². The van der Waals surface area contributed by atoms with Gasteiger partial charge in [0.2, 0.25) is 0 Å². The second kappa shape index (κ2) is 10.9. The summed E-state index contributed by atoms with van der Waals surface area (Å²) in [6.45, 7) is 5.76. The molecule has 35 heavy (non-hydrogen) atoms. The molecule has 0 saturated carbocycles. The standard InChI is InChI=1S/C27H29FO6S/c1-5-20(27(29)30)14-21-9-10-23(15-25(21)28)33-16-19-7-6-8-22(13-19)26-17(2)11-24(12-18(26)3)34-35(4,31)32/h6-13,15,20H,5,14,16H2,1-4H3,(H,29,30). The maximum Gasteiger partial charge on any atom is 0.306 e. The van der Waals surface area contributed by atoms with Crippen LogP contribution in [0.5, 0.6) is 11.5 Å². The van der Waals surface area contributed by atoms with E-state index in [1.807, 2.05) is 38.1 Å². The van der Waals surface area contributed by atoms with Gasteiger partial charge in [-0.2, -0.15) is 8.42 Å². The molecule has 0 fully saturated rings. The van der Waals surface area contributed by atoms with Gasteiger partial charge < -0.3 is 14.0 Å². The Morgan fingerprint density at radius 2 is 1.71 bits per heavy atom. The Morgan fingerprint density at radius 3 is 2.29 bits per heavy atom. The van der Waals surface area contributed by atoms with E-state index in [2.05, 4.69) is 0 Å². The maximum absolute atomic E-state index is 14.5. The molecule has 0 heterocycles. The Balaban J connectivity index is 1.75. The van der Waals surface area contributed by atoms with Crippen LogP contribution >= 0.6 is 0 Å². The number of carboxylic acid groups (broad SMARTS) is 1. The number of aryl methyl sites for hydroxylation is 2. The van der Waals surface area contributed by atoms with Gasteiger partial charge in [0.15, 0.2) is 0 Å². The summed E-state index contributed by atoms with van der Waals surface area (Å²) in [5, 5.41) is 9.21. The van der Waals surface area contributed by atoms with Gasteiger partial charge in [0.25, 0.3) is 0 Å². The first-order chi connectivity index (χ1) is 16.5. The van der Waals surface area contributed by atoms with Crippen LogP contribution in [0.2, 0.25) is 0 Å². The molecule has 8 heteroatoms. The molecule has 0 spiro atoms. The lowest BCUT2D eigenvalue weighted by Gasteiger charge is -2.15. The second-order valence-electron chi connectivity index (χ2n) is 8.61. The van der Waals surface area contributed by atoms with Gasteiger partial charge in [-0.1, -0.05) is 31.2 Å². The molecule has 0 aliphatic carbocycles. The zero-order chi connectivity index (χ0) is 25.8. The van der Waals surface area contributed by atoms with Crippen LogP contribution in [0.1, 0.15) is 35.6 Å². The Labute approximate surface area is 205 Å². The first kappa shape index (κ1) is 26.2. The highest BCUT2D eigenvalue weighted by molar-refractivity contribution is 7.86. The third kappa shape index (κ3) is 7.05. The minimum absolute atomic E-state index is 0.132. The minimum atomic E-state index is -3.62. The minimum Gasteiger partial charge on any atom is -0.489 e. The molecule has 0 aliphatic heterocycles. The van der Waals surface area contributed by atoms with Crippen molar-refractivity contribution in [1.29, 1.82) is 0 Å². The number of carbonyl (C=O) groups is 1. The van der Waals surface area contributed by atoms with E-state index in [0.29, 0.717) is 17.7 Å². The molecule has 0 amide bonds. The van der Waals surface area contributed by atoms with Gasteiger partial charge in [-0.3, -0.25) is 4.79 Å². The Hall–Kier alpha value is -3.39. The van der Waals surface area contributed by atoms with E-state index in [1.54, 1.807) is 31.2 Å². The normalized spacial score (nSPS) is 12.3. The van der Waals surface area contributed by atoms with Crippen molar-refractivity contribution in [2.24, 2.45) is 5.92 Å². The third-order valence-electron chi connectivity index (χ3n) is 5.71. The Morgan fingerprint density at radius 1 is 1.03 bits per heavy atom. The quantitative estimate of drug-likeness (QED) is 0.360. The van der Waals surface area contributed by atoms with Crippen LogP contribution in [-0.2, 0) is 27.9 Å². The summed E-state index contributed by atoms with van der Waals surface area (Å²) >= 11 is 0. The maximum atomic E-state index is 14.5. The molecule has 6 nitrogen and oxygen atoms in total. The predicted octanol–water partition coefficient (Wildman–Crippen LogP) is 5.68. The van der Waals surface area contributed by atoms with Gasteiger partial charge in [0.05, 0.1) is 12.2 Å². The third-order valence-corrected chi connectivity index (χ3v) is 6.20. The van der Waals surface area contributed by atoms with Gasteiger partial charge in [-0.15, -0.1) is 0 Å². The van der Waals surface area contributed by atoms with E-state index >= 15 is 0 Å². The number of ether oxygens (including phenoxy) is 1. The van der Waals surface area contributed by atoms with E-state index in [4.69, 9.17) is 8.92 Å². The van der Waals surface area contributed by atoms with Crippen molar-refractivity contribution in [3.8, 4) is 22.6 Å². The van der Waals surface area contributed by atoms with Crippen LogP contribution in [0, 0.1) is 25.6 Å². The molecule has 0 saturated heterocycles. The second-order valence-corrected chi connectivity index (χ2v) is 10.2. The molecule has 186 valence electrons. The van der Waals surface area contributed by atoms with Gasteiger partial charge in [0, 0.05) is 6.07 Å². The lowest BCUT2D eigenvalue weighted by molar-refractivity contribution is -0.141. The molecule has 0 aliphatic rings. The zero-order valence-corrected chi connectivity index (χ0v) is 21.0. The molecule has 3 aromatic rings. The van der Waals surface area contributed by atoms with Crippen molar-refractivity contribution < 1.29 is 31.6 Å². The fourth-order valence-corrected chi connectivity index (χ4v) is 4.49. The number of carboxylic acids is 1. The first-order valence-electron chi connectivity index (χ1n) is 11.2. The van der Waals surface area contributed by atoms with Crippen LogP contribution in [-0.4, -0.2) is 25.7 Å². The van der Waals surface area contributed by atoms with Crippen molar-refractivity contribution in [2.75, 3.05) is 6.26 Å². The average Bonchev–Trinajstić information content (AvgIpc) is 2.75. The molecule has 1 unspecified atom stereocenters. The van der Waals surface area contributed by atoms with Gasteiger partial charge >= 0.3 is 16.1 Å². The first-order valence-corrected chi connectivity index (χ1v) is 13.0. The summed E-state index contributed by atoms with van der Waals surface area (Å²) in [6, 6.07) is 15.6. The molecule has 3 aromatic carbocycles. The highest BCUT2D eigenvalue weighted by Crippen LogP contribution is 2.32. The van der Waals surface area contributed by atoms with E-state index < -0.39 is 27.8 Å². The smallest absolute Gasteiger partial charge is 0.306 e. The summed E-state index contributed by atoms with van der Waals surface area (Å²) < 4.78 is 48.2. The van der Waals surface area contributed by atoms with Crippen LogP contribution in [0.25, 0.3) is 11.1 Å². The van der Waals surface area contributed by atoms with Gasteiger partial charge in [0.1, 0.15) is 23.9 Å². The number of halogens is 1. The molecule has 0 bridgehead atoms. The molecule has 0 radical (unpaired) electrons. The number of hydrogen-bond acceptors (Lipinski definition) is 5. The monoisotopic (exact) mass is 500 g/mol. The molecular formula is C27H29FO6S.